The van der Waals surface area contributed by atoms with Crippen LogP contribution in [0.5, 0.6) is 11.5 Å². The molecule has 3 rings (SSSR count). The fourth-order valence-corrected chi connectivity index (χ4v) is 3.15. The van der Waals surface area contributed by atoms with Crippen LogP contribution in [0.15, 0.2) is 65.8 Å². The minimum Gasteiger partial charge on any atom is -0.493 e. The van der Waals surface area contributed by atoms with Gasteiger partial charge in [0, 0.05) is 23.4 Å². The van der Waals surface area contributed by atoms with Crippen LogP contribution in [0.4, 0.5) is 11.4 Å². The molecule has 0 aliphatic heterocycles. The van der Waals surface area contributed by atoms with Crippen molar-refractivity contribution in [2.75, 3.05) is 12.4 Å². The van der Waals surface area contributed by atoms with E-state index in [4.69, 9.17) is 9.47 Å². The quantitative estimate of drug-likeness (QED) is 0.124. The van der Waals surface area contributed by atoms with Crippen molar-refractivity contribution in [2.45, 2.75) is 20.8 Å². The molecule has 0 radical (unpaired) electrons. The number of carbonyl (C=O) groups is 3. The number of carbonyl (C=O) groups excluding carboxylic acids is 3. The fraction of sp³-hybridized carbons (Fsp3) is 0.154. The first-order chi connectivity index (χ1) is 17.6. The molecule has 3 aromatic carbocycles. The zero-order valence-electron chi connectivity index (χ0n) is 20.5. The standard InChI is InChI=1S/C26H24N4O7/c1-15-5-6-16(2)21(13-15)27-24(31)25(32)29-28-17(3)19-9-12-22(23(14-19)36-4)37-26(33)18-7-10-20(11-8-18)30(34)35/h5-14H,1-4H3,(H,27,31)(H,29,32)/b28-17+. The summed E-state index contributed by atoms with van der Waals surface area (Å²) in [4.78, 5) is 47.1. The maximum Gasteiger partial charge on any atom is 0.343 e. The van der Waals surface area contributed by atoms with E-state index in [-0.39, 0.29) is 22.7 Å². The van der Waals surface area contributed by atoms with Crippen molar-refractivity contribution in [3.63, 3.8) is 0 Å². The molecule has 11 nitrogen and oxygen atoms in total. The highest BCUT2D eigenvalue weighted by Gasteiger charge is 2.17. The second-order valence-corrected chi connectivity index (χ2v) is 7.97. The lowest BCUT2D eigenvalue weighted by atomic mass is 10.1. The van der Waals surface area contributed by atoms with Crippen molar-refractivity contribution in [2.24, 2.45) is 5.10 Å². The number of methoxy groups -OCH3 is 1. The van der Waals surface area contributed by atoms with E-state index < -0.39 is 22.7 Å². The molecular formula is C26H24N4O7. The molecule has 0 atom stereocenters. The summed E-state index contributed by atoms with van der Waals surface area (Å²) in [5.74, 6) is -2.22. The van der Waals surface area contributed by atoms with Gasteiger partial charge in [-0.3, -0.25) is 19.7 Å². The van der Waals surface area contributed by atoms with Crippen molar-refractivity contribution in [3.8, 4) is 11.5 Å². The molecule has 0 saturated carbocycles. The average Bonchev–Trinajstić information content (AvgIpc) is 2.89. The van der Waals surface area contributed by atoms with Crippen molar-refractivity contribution >= 4 is 34.9 Å². The minimum atomic E-state index is -0.944. The molecule has 0 aliphatic carbocycles. The highest BCUT2D eigenvalue weighted by Crippen LogP contribution is 2.29. The monoisotopic (exact) mass is 504 g/mol. The number of anilines is 1. The van der Waals surface area contributed by atoms with Crippen LogP contribution in [0.1, 0.15) is 34.0 Å². The molecule has 3 aromatic rings. The Morgan fingerprint density at radius 2 is 1.57 bits per heavy atom. The van der Waals surface area contributed by atoms with Crippen LogP contribution in [0.25, 0.3) is 0 Å². The molecule has 0 heterocycles. The third-order valence-electron chi connectivity index (χ3n) is 5.27. The van der Waals surface area contributed by atoms with Gasteiger partial charge in [0.2, 0.25) is 0 Å². The number of nitrogens with one attached hydrogen (secondary N) is 2. The van der Waals surface area contributed by atoms with E-state index in [0.717, 1.165) is 11.1 Å². The first-order valence-corrected chi connectivity index (χ1v) is 11.0. The van der Waals surface area contributed by atoms with Gasteiger partial charge in [-0.15, -0.1) is 0 Å². The molecule has 2 N–H and O–H groups in total. The predicted molar refractivity (Wildman–Crippen MR) is 136 cm³/mol. The van der Waals surface area contributed by atoms with E-state index in [1.807, 2.05) is 26.0 Å². The van der Waals surface area contributed by atoms with Gasteiger partial charge >= 0.3 is 17.8 Å². The Balaban J connectivity index is 1.67. The number of amides is 2. The molecule has 11 heteroatoms. The van der Waals surface area contributed by atoms with E-state index in [9.17, 15) is 24.5 Å². The Hall–Kier alpha value is -5.06. The summed E-state index contributed by atoms with van der Waals surface area (Å²) in [6.45, 7) is 5.30. The highest BCUT2D eigenvalue weighted by atomic mass is 16.6. The molecule has 37 heavy (non-hydrogen) atoms. The molecule has 190 valence electrons. The van der Waals surface area contributed by atoms with E-state index >= 15 is 0 Å². The molecule has 0 aromatic heterocycles. The number of hydrazone groups is 1. The third-order valence-corrected chi connectivity index (χ3v) is 5.27. The predicted octanol–water partition coefficient (Wildman–Crippen LogP) is 3.92. The number of hydrogen-bond donors (Lipinski definition) is 2. The Morgan fingerprint density at radius 1 is 0.892 bits per heavy atom. The van der Waals surface area contributed by atoms with Crippen molar-refractivity contribution < 1.29 is 28.8 Å². The van der Waals surface area contributed by atoms with Gasteiger partial charge in [0.15, 0.2) is 11.5 Å². The van der Waals surface area contributed by atoms with Crippen LogP contribution in [-0.4, -0.2) is 35.5 Å². The van der Waals surface area contributed by atoms with Crippen LogP contribution >= 0.6 is 0 Å². The highest BCUT2D eigenvalue weighted by molar-refractivity contribution is 6.39. The second-order valence-electron chi connectivity index (χ2n) is 7.97. The maximum atomic E-state index is 12.4. The van der Waals surface area contributed by atoms with Gasteiger partial charge in [-0.2, -0.15) is 5.10 Å². The zero-order valence-corrected chi connectivity index (χ0v) is 20.5. The number of hydrogen-bond acceptors (Lipinski definition) is 8. The first kappa shape index (κ1) is 26.5. The first-order valence-electron chi connectivity index (χ1n) is 11.0. The van der Waals surface area contributed by atoms with Gasteiger partial charge in [0.1, 0.15) is 0 Å². The van der Waals surface area contributed by atoms with Gasteiger partial charge in [0.05, 0.1) is 23.3 Å². The molecule has 0 bridgehead atoms. The lowest BCUT2D eigenvalue weighted by Gasteiger charge is -2.11. The van der Waals surface area contributed by atoms with Crippen LogP contribution in [-0.2, 0) is 9.59 Å². The number of rotatable bonds is 7. The number of aryl methyl sites for hydroxylation is 2. The average molecular weight is 504 g/mol. The van der Waals surface area contributed by atoms with E-state index in [2.05, 4.69) is 15.8 Å². The van der Waals surface area contributed by atoms with Crippen molar-refractivity contribution in [3.05, 3.63) is 93.0 Å². The largest absolute Gasteiger partial charge is 0.493 e. The fourth-order valence-electron chi connectivity index (χ4n) is 3.15. The smallest absolute Gasteiger partial charge is 0.343 e. The normalized spacial score (nSPS) is 10.9. The summed E-state index contributed by atoms with van der Waals surface area (Å²) in [5.41, 5.74) is 5.36. The van der Waals surface area contributed by atoms with Gasteiger partial charge in [0.25, 0.3) is 5.69 Å². The lowest BCUT2D eigenvalue weighted by molar-refractivity contribution is -0.384. The Morgan fingerprint density at radius 3 is 2.22 bits per heavy atom. The van der Waals surface area contributed by atoms with E-state index in [1.165, 1.54) is 37.4 Å². The summed E-state index contributed by atoms with van der Waals surface area (Å²) < 4.78 is 10.7. The molecular weight excluding hydrogens is 480 g/mol. The zero-order chi connectivity index (χ0) is 27.1. The Kier molecular flexibility index (Phi) is 8.31. The van der Waals surface area contributed by atoms with E-state index in [0.29, 0.717) is 17.0 Å². The number of esters is 1. The van der Waals surface area contributed by atoms with Crippen molar-refractivity contribution in [1.82, 2.24) is 5.43 Å². The summed E-state index contributed by atoms with van der Waals surface area (Å²) in [5, 5.41) is 17.3. The van der Waals surface area contributed by atoms with Crippen LogP contribution in [0.2, 0.25) is 0 Å². The number of non-ortho nitro benzene ring substituents is 1. The number of nitro benzene ring substituents is 1. The number of benzene rings is 3. The number of ether oxygens (including phenoxy) is 2. The number of nitro groups is 1. The SMILES string of the molecule is COc1cc(/C(C)=N/NC(=O)C(=O)Nc2cc(C)ccc2C)ccc1OC(=O)c1ccc([N+](=O)[O-])cc1. The summed E-state index contributed by atoms with van der Waals surface area (Å²) >= 11 is 0. The molecule has 0 saturated heterocycles. The summed E-state index contributed by atoms with van der Waals surface area (Å²) in [7, 11) is 1.38. The Bertz CT molecular complexity index is 1400. The summed E-state index contributed by atoms with van der Waals surface area (Å²) in [6, 6.07) is 15.1. The maximum absolute atomic E-state index is 12.4. The van der Waals surface area contributed by atoms with Gasteiger partial charge < -0.3 is 14.8 Å². The number of nitrogens with zero attached hydrogens (tertiary/aromatic N) is 2. The second kappa shape index (κ2) is 11.6. The molecule has 0 unspecified atom stereocenters. The van der Waals surface area contributed by atoms with Gasteiger partial charge in [-0.1, -0.05) is 12.1 Å². The third kappa shape index (κ3) is 6.75. The summed E-state index contributed by atoms with van der Waals surface area (Å²) in [6.07, 6.45) is 0. The molecule has 0 aliphatic rings. The minimum absolute atomic E-state index is 0.111. The van der Waals surface area contributed by atoms with E-state index in [1.54, 1.807) is 25.1 Å². The lowest BCUT2D eigenvalue weighted by Crippen LogP contribution is -2.33. The van der Waals surface area contributed by atoms with Crippen LogP contribution in [0.3, 0.4) is 0 Å². The van der Waals surface area contributed by atoms with Gasteiger partial charge in [-0.05, 0) is 68.3 Å². The Labute approximate surface area is 212 Å². The van der Waals surface area contributed by atoms with Gasteiger partial charge in [-0.25, -0.2) is 10.2 Å². The van der Waals surface area contributed by atoms with Crippen molar-refractivity contribution in [1.29, 1.82) is 0 Å². The molecule has 2 amide bonds. The molecule has 0 fully saturated rings. The van der Waals surface area contributed by atoms with Crippen LogP contribution < -0.4 is 20.2 Å². The topological polar surface area (TPSA) is 149 Å². The molecule has 0 spiro atoms. The van der Waals surface area contributed by atoms with Crippen LogP contribution in [0, 0.1) is 24.0 Å².